The molecule has 146 valence electrons. The number of methoxy groups -OCH3 is 2. The Morgan fingerprint density at radius 2 is 1.89 bits per heavy atom. The van der Waals surface area contributed by atoms with Gasteiger partial charge in [0.05, 0.1) is 35.7 Å². The molecule has 1 fully saturated rings. The number of carbonyl (C=O) groups excluding carboxylic acids is 1. The Morgan fingerprint density at radius 3 is 2.61 bits per heavy atom. The Bertz CT molecular complexity index is 950. The molecular weight excluding hydrogens is 421 g/mol. The van der Waals surface area contributed by atoms with Gasteiger partial charge in [0.2, 0.25) is 5.91 Å². The molecule has 0 saturated carbocycles. The van der Waals surface area contributed by atoms with Crippen LogP contribution in [-0.2, 0) is 11.2 Å². The smallest absolute Gasteiger partial charge is 0.239 e. The van der Waals surface area contributed by atoms with Crippen LogP contribution in [0.25, 0.3) is 0 Å². The van der Waals surface area contributed by atoms with Gasteiger partial charge >= 0.3 is 0 Å². The van der Waals surface area contributed by atoms with Crippen molar-refractivity contribution in [2.24, 2.45) is 10.2 Å². The van der Waals surface area contributed by atoms with Gasteiger partial charge < -0.3 is 14.8 Å². The van der Waals surface area contributed by atoms with Crippen LogP contribution in [0.1, 0.15) is 11.1 Å². The number of benzene rings is 2. The van der Waals surface area contributed by atoms with Crippen molar-refractivity contribution in [3.8, 4) is 11.5 Å². The van der Waals surface area contributed by atoms with Crippen LogP contribution in [0, 0.1) is 0 Å². The van der Waals surface area contributed by atoms with Gasteiger partial charge in [0.25, 0.3) is 0 Å². The first-order valence-electron chi connectivity index (χ1n) is 8.24. The zero-order valence-corrected chi connectivity index (χ0v) is 17.4. The zero-order valence-electron chi connectivity index (χ0n) is 15.1. The fourth-order valence-corrected chi connectivity index (χ4v) is 3.83. The lowest BCUT2D eigenvalue weighted by atomic mass is 10.1. The van der Waals surface area contributed by atoms with E-state index < -0.39 is 0 Å². The lowest BCUT2D eigenvalue weighted by Gasteiger charge is -2.07. The molecule has 1 atom stereocenters. The molecule has 0 spiro atoms. The maximum absolute atomic E-state index is 12.2. The van der Waals surface area contributed by atoms with Crippen molar-refractivity contribution < 1.29 is 14.3 Å². The number of hydrogen-bond acceptors (Lipinski definition) is 6. The minimum atomic E-state index is -0.299. The molecule has 3 rings (SSSR count). The molecule has 1 amide bonds. The SMILES string of the molecule is COc1ccc(C=NN=C2NC(=O)C(Cc3ccc(Cl)c(Cl)c3)S2)cc1OC. The zero-order chi connectivity index (χ0) is 20.1. The van der Waals surface area contributed by atoms with Gasteiger partial charge in [-0.3, -0.25) is 4.79 Å². The highest BCUT2D eigenvalue weighted by Gasteiger charge is 2.30. The fraction of sp³-hybridized carbons (Fsp3) is 0.211. The van der Waals surface area contributed by atoms with E-state index in [1.807, 2.05) is 12.1 Å². The number of amidine groups is 1. The van der Waals surface area contributed by atoms with E-state index in [2.05, 4.69) is 15.5 Å². The van der Waals surface area contributed by atoms with Crippen LogP contribution in [0.3, 0.4) is 0 Å². The number of nitrogens with zero attached hydrogens (tertiary/aromatic N) is 2. The third-order valence-corrected chi connectivity index (χ3v) is 5.76. The first kappa shape index (κ1) is 20.5. The van der Waals surface area contributed by atoms with Crippen LogP contribution < -0.4 is 14.8 Å². The Labute approximate surface area is 176 Å². The van der Waals surface area contributed by atoms with Crippen molar-refractivity contribution in [2.75, 3.05) is 14.2 Å². The lowest BCUT2D eigenvalue weighted by molar-refractivity contribution is -0.118. The minimum absolute atomic E-state index is 0.115. The molecule has 1 aliphatic rings. The summed E-state index contributed by atoms with van der Waals surface area (Å²) in [4.78, 5) is 12.2. The van der Waals surface area contributed by atoms with Gasteiger partial charge in [0.15, 0.2) is 16.7 Å². The quantitative estimate of drug-likeness (QED) is 0.543. The topological polar surface area (TPSA) is 72.3 Å². The summed E-state index contributed by atoms with van der Waals surface area (Å²) in [5.41, 5.74) is 1.72. The van der Waals surface area contributed by atoms with Crippen molar-refractivity contribution in [1.82, 2.24) is 5.32 Å². The molecule has 1 heterocycles. The van der Waals surface area contributed by atoms with E-state index >= 15 is 0 Å². The summed E-state index contributed by atoms with van der Waals surface area (Å²) in [6.07, 6.45) is 2.10. The van der Waals surface area contributed by atoms with Crippen LogP contribution in [0.5, 0.6) is 11.5 Å². The van der Waals surface area contributed by atoms with E-state index in [0.29, 0.717) is 33.1 Å². The molecule has 6 nitrogen and oxygen atoms in total. The summed E-state index contributed by atoms with van der Waals surface area (Å²) >= 11 is 13.3. The second-order valence-electron chi connectivity index (χ2n) is 5.81. The van der Waals surface area contributed by atoms with Crippen molar-refractivity contribution in [2.45, 2.75) is 11.7 Å². The summed E-state index contributed by atoms with van der Waals surface area (Å²) < 4.78 is 10.5. The highest BCUT2D eigenvalue weighted by molar-refractivity contribution is 8.15. The van der Waals surface area contributed by atoms with E-state index in [4.69, 9.17) is 32.7 Å². The number of thioether (sulfide) groups is 1. The number of hydrogen-bond donors (Lipinski definition) is 1. The summed E-state index contributed by atoms with van der Waals surface area (Å²) in [7, 11) is 3.14. The average Bonchev–Trinajstić information content (AvgIpc) is 3.03. The van der Waals surface area contributed by atoms with E-state index in [-0.39, 0.29) is 11.2 Å². The normalized spacial score (nSPS) is 17.9. The molecule has 1 saturated heterocycles. The second-order valence-corrected chi connectivity index (χ2v) is 7.82. The molecule has 1 aliphatic heterocycles. The molecule has 1 unspecified atom stereocenters. The number of halogens is 2. The molecular formula is C19H17Cl2N3O3S. The second kappa shape index (κ2) is 9.32. The molecule has 2 aromatic carbocycles. The van der Waals surface area contributed by atoms with Crippen LogP contribution in [0.4, 0.5) is 0 Å². The number of nitrogens with one attached hydrogen (secondary N) is 1. The minimum Gasteiger partial charge on any atom is -0.493 e. The van der Waals surface area contributed by atoms with Crippen molar-refractivity contribution in [3.63, 3.8) is 0 Å². The van der Waals surface area contributed by atoms with Gasteiger partial charge in [-0.1, -0.05) is 41.0 Å². The van der Waals surface area contributed by atoms with Crippen LogP contribution in [-0.4, -0.2) is 36.8 Å². The van der Waals surface area contributed by atoms with E-state index in [0.717, 1.165) is 11.1 Å². The Morgan fingerprint density at radius 1 is 1.11 bits per heavy atom. The first-order chi connectivity index (χ1) is 13.5. The fourth-order valence-electron chi connectivity index (χ4n) is 2.55. The molecule has 28 heavy (non-hydrogen) atoms. The van der Waals surface area contributed by atoms with Crippen LogP contribution in [0.15, 0.2) is 46.6 Å². The maximum Gasteiger partial charge on any atom is 0.239 e. The summed E-state index contributed by atoms with van der Waals surface area (Å²) in [5.74, 6) is 1.12. The van der Waals surface area contributed by atoms with Gasteiger partial charge in [0.1, 0.15) is 0 Å². The van der Waals surface area contributed by atoms with Gasteiger partial charge in [-0.05, 0) is 47.9 Å². The number of carbonyl (C=O) groups is 1. The average molecular weight is 438 g/mol. The van der Waals surface area contributed by atoms with E-state index in [1.54, 1.807) is 44.7 Å². The standard InChI is InChI=1S/C19H17Cl2N3O3S/c1-26-15-6-4-12(8-16(15)27-2)10-22-24-19-23-18(25)17(28-19)9-11-3-5-13(20)14(21)7-11/h3-8,10,17H,9H2,1-2H3,(H,23,24,25). The lowest BCUT2D eigenvalue weighted by Crippen LogP contribution is -2.25. The molecule has 0 aromatic heterocycles. The molecule has 2 aromatic rings. The summed E-state index contributed by atoms with van der Waals surface area (Å²) in [6.45, 7) is 0. The largest absolute Gasteiger partial charge is 0.493 e. The Balaban J connectivity index is 1.65. The Kier molecular flexibility index (Phi) is 6.83. The monoisotopic (exact) mass is 437 g/mol. The van der Waals surface area contributed by atoms with E-state index in [9.17, 15) is 4.79 Å². The maximum atomic E-state index is 12.2. The summed E-state index contributed by atoms with van der Waals surface area (Å²) in [5, 5.41) is 12.0. The van der Waals surface area contributed by atoms with Crippen molar-refractivity contribution >= 4 is 52.3 Å². The van der Waals surface area contributed by atoms with Crippen molar-refractivity contribution in [1.29, 1.82) is 0 Å². The van der Waals surface area contributed by atoms with Crippen molar-refractivity contribution in [3.05, 3.63) is 57.6 Å². The first-order valence-corrected chi connectivity index (χ1v) is 9.88. The van der Waals surface area contributed by atoms with Gasteiger partial charge in [-0.15, -0.1) is 5.10 Å². The predicted octanol–water partition coefficient (Wildman–Crippen LogP) is 4.17. The molecule has 9 heteroatoms. The molecule has 0 bridgehead atoms. The van der Waals surface area contributed by atoms with E-state index in [1.165, 1.54) is 11.8 Å². The third kappa shape index (κ3) is 4.98. The highest BCUT2D eigenvalue weighted by atomic mass is 35.5. The predicted molar refractivity (Wildman–Crippen MR) is 114 cm³/mol. The summed E-state index contributed by atoms with van der Waals surface area (Å²) in [6, 6.07) is 10.7. The molecule has 0 aliphatic carbocycles. The van der Waals surface area contributed by atoms with Gasteiger partial charge in [0, 0.05) is 0 Å². The number of ether oxygens (including phenoxy) is 2. The Hall–Kier alpha value is -2.22. The third-order valence-electron chi connectivity index (χ3n) is 3.94. The molecule has 1 N–H and O–H groups in total. The van der Waals surface area contributed by atoms with Gasteiger partial charge in [-0.25, -0.2) is 0 Å². The van der Waals surface area contributed by atoms with Crippen LogP contribution >= 0.6 is 35.0 Å². The number of rotatable bonds is 6. The highest BCUT2D eigenvalue weighted by Crippen LogP contribution is 2.28. The number of amides is 1. The van der Waals surface area contributed by atoms with Gasteiger partial charge in [-0.2, -0.15) is 5.10 Å². The molecule has 0 radical (unpaired) electrons. The van der Waals surface area contributed by atoms with Crippen LogP contribution in [0.2, 0.25) is 10.0 Å².